The molecule has 0 bridgehead atoms. The van der Waals surface area contributed by atoms with Crippen LogP contribution in [0.4, 0.5) is 0 Å². The van der Waals surface area contributed by atoms with Gasteiger partial charge in [0.15, 0.2) is 6.29 Å². The summed E-state index contributed by atoms with van der Waals surface area (Å²) in [6, 6.07) is 4.19. The Morgan fingerprint density at radius 2 is 2.00 bits per heavy atom. The number of benzene rings is 1. The molecule has 25 heavy (non-hydrogen) atoms. The van der Waals surface area contributed by atoms with Crippen LogP contribution < -0.4 is 4.74 Å². The van der Waals surface area contributed by atoms with E-state index in [1.165, 1.54) is 11.1 Å². The molecule has 0 saturated carbocycles. The predicted molar refractivity (Wildman–Crippen MR) is 95.8 cm³/mol. The summed E-state index contributed by atoms with van der Waals surface area (Å²) in [5, 5.41) is 0. The molecule has 1 atom stereocenters. The normalized spacial score (nSPS) is 21.6. The molecule has 2 aliphatic heterocycles. The minimum atomic E-state index is -0.134. The molecule has 0 aliphatic carbocycles. The molecule has 2 heterocycles. The topological polar surface area (TPSA) is 48.0 Å². The van der Waals surface area contributed by atoms with Crippen LogP contribution in [-0.4, -0.2) is 50.0 Å². The summed E-state index contributed by atoms with van der Waals surface area (Å²) in [5.74, 6) is 1.34. The van der Waals surface area contributed by atoms with Crippen LogP contribution >= 0.6 is 0 Å². The predicted octanol–water partition coefficient (Wildman–Crippen LogP) is 2.99. The van der Waals surface area contributed by atoms with Gasteiger partial charge in [-0.1, -0.05) is 6.07 Å². The number of amides is 1. The van der Waals surface area contributed by atoms with Crippen LogP contribution in [0, 0.1) is 26.7 Å². The average Bonchev–Trinajstić information content (AvgIpc) is 3.13. The van der Waals surface area contributed by atoms with Crippen LogP contribution in [0.2, 0.25) is 0 Å². The lowest BCUT2D eigenvalue weighted by Gasteiger charge is -2.34. The van der Waals surface area contributed by atoms with Crippen molar-refractivity contribution in [3.8, 4) is 5.75 Å². The highest BCUT2D eigenvalue weighted by atomic mass is 16.7. The van der Waals surface area contributed by atoms with E-state index in [4.69, 9.17) is 14.2 Å². The molecule has 138 valence electrons. The maximum absolute atomic E-state index is 12.5. The summed E-state index contributed by atoms with van der Waals surface area (Å²) in [4.78, 5) is 14.5. The van der Waals surface area contributed by atoms with Crippen molar-refractivity contribution in [3.05, 3.63) is 28.8 Å². The zero-order valence-electron chi connectivity index (χ0n) is 15.5. The van der Waals surface area contributed by atoms with Gasteiger partial charge in [-0.3, -0.25) is 4.79 Å². The zero-order chi connectivity index (χ0) is 17.8. The maximum Gasteiger partial charge on any atom is 0.226 e. The van der Waals surface area contributed by atoms with E-state index in [2.05, 4.69) is 26.8 Å². The monoisotopic (exact) mass is 347 g/mol. The Morgan fingerprint density at radius 3 is 2.76 bits per heavy atom. The summed E-state index contributed by atoms with van der Waals surface area (Å²) in [6.45, 7) is 9.50. The number of hydrogen-bond acceptors (Lipinski definition) is 4. The van der Waals surface area contributed by atoms with Crippen molar-refractivity contribution in [3.63, 3.8) is 0 Å². The lowest BCUT2D eigenvalue weighted by molar-refractivity contribution is -0.139. The Morgan fingerprint density at radius 1 is 1.24 bits per heavy atom. The number of nitrogens with zero attached hydrogens (tertiary/aromatic N) is 1. The van der Waals surface area contributed by atoms with Crippen LogP contribution in [-0.2, 0) is 14.3 Å². The summed E-state index contributed by atoms with van der Waals surface area (Å²) in [6.07, 6.45) is 2.35. The van der Waals surface area contributed by atoms with Crippen molar-refractivity contribution in [1.29, 1.82) is 0 Å². The van der Waals surface area contributed by atoms with Gasteiger partial charge in [-0.2, -0.15) is 0 Å². The minimum Gasteiger partial charge on any atom is -0.493 e. The number of aryl methyl sites for hydroxylation is 2. The molecule has 2 aliphatic rings. The smallest absolute Gasteiger partial charge is 0.226 e. The molecule has 0 radical (unpaired) electrons. The third-order valence-corrected chi connectivity index (χ3v) is 5.18. The fraction of sp³-hybridized carbons (Fsp3) is 0.650. The SMILES string of the molecule is Cc1cc(C)c(C)c(OCCC(=O)N2CCC[C@@H](C3OCCO3)C2)c1. The molecule has 0 aromatic heterocycles. The van der Waals surface area contributed by atoms with E-state index in [0.717, 1.165) is 37.2 Å². The van der Waals surface area contributed by atoms with Crippen molar-refractivity contribution in [2.75, 3.05) is 32.9 Å². The molecular formula is C20H29NO4. The van der Waals surface area contributed by atoms with Gasteiger partial charge in [0.2, 0.25) is 5.91 Å². The number of rotatable bonds is 5. The highest BCUT2D eigenvalue weighted by Gasteiger charge is 2.32. The molecular weight excluding hydrogens is 318 g/mol. The largest absolute Gasteiger partial charge is 0.493 e. The second kappa shape index (κ2) is 8.19. The van der Waals surface area contributed by atoms with E-state index in [1.807, 2.05) is 11.0 Å². The number of likely N-dealkylation sites (tertiary alicyclic amines) is 1. The minimum absolute atomic E-state index is 0.134. The van der Waals surface area contributed by atoms with E-state index in [0.29, 0.717) is 32.2 Å². The number of carbonyl (C=O) groups is 1. The number of hydrogen-bond donors (Lipinski definition) is 0. The van der Waals surface area contributed by atoms with Crippen LogP contribution in [0.15, 0.2) is 12.1 Å². The third-order valence-electron chi connectivity index (χ3n) is 5.18. The molecule has 3 rings (SSSR count). The van der Waals surface area contributed by atoms with Gasteiger partial charge in [-0.05, 0) is 56.4 Å². The summed E-state index contributed by atoms with van der Waals surface area (Å²) >= 11 is 0. The summed E-state index contributed by atoms with van der Waals surface area (Å²) in [7, 11) is 0. The fourth-order valence-electron chi connectivity index (χ4n) is 3.66. The number of ether oxygens (including phenoxy) is 3. The Balaban J connectivity index is 1.49. The summed E-state index contributed by atoms with van der Waals surface area (Å²) in [5.41, 5.74) is 3.54. The lowest BCUT2D eigenvalue weighted by Crippen LogP contribution is -2.44. The van der Waals surface area contributed by atoms with E-state index in [9.17, 15) is 4.79 Å². The van der Waals surface area contributed by atoms with Gasteiger partial charge in [0.25, 0.3) is 0 Å². The molecule has 1 aromatic carbocycles. The summed E-state index contributed by atoms with van der Waals surface area (Å²) < 4.78 is 17.1. The van der Waals surface area contributed by atoms with Crippen molar-refractivity contribution < 1.29 is 19.0 Å². The first-order valence-electron chi connectivity index (χ1n) is 9.26. The van der Waals surface area contributed by atoms with Crippen LogP contribution in [0.3, 0.4) is 0 Å². The molecule has 2 fully saturated rings. The molecule has 0 N–H and O–H groups in total. The van der Waals surface area contributed by atoms with E-state index < -0.39 is 0 Å². The van der Waals surface area contributed by atoms with Gasteiger partial charge < -0.3 is 19.1 Å². The molecule has 1 aromatic rings. The number of piperidine rings is 1. The van der Waals surface area contributed by atoms with Gasteiger partial charge in [0.05, 0.1) is 26.2 Å². The Labute approximate surface area is 150 Å². The standard InChI is InChI=1S/C20H29NO4/c1-14-11-15(2)16(3)18(12-14)23-8-6-19(22)21-7-4-5-17(13-21)20-24-9-10-25-20/h11-12,17,20H,4-10,13H2,1-3H3/t17-/m1/s1. The number of carbonyl (C=O) groups excluding carboxylic acids is 1. The zero-order valence-corrected chi connectivity index (χ0v) is 15.5. The molecule has 5 nitrogen and oxygen atoms in total. The second-order valence-electron chi connectivity index (χ2n) is 7.16. The molecule has 1 amide bonds. The first-order valence-corrected chi connectivity index (χ1v) is 9.26. The second-order valence-corrected chi connectivity index (χ2v) is 7.16. The first-order chi connectivity index (χ1) is 12.0. The van der Waals surface area contributed by atoms with Crippen molar-refractivity contribution >= 4 is 5.91 Å². The third kappa shape index (κ3) is 4.53. The Bertz CT molecular complexity index is 610. The molecule has 2 saturated heterocycles. The fourth-order valence-corrected chi connectivity index (χ4v) is 3.66. The molecule has 0 unspecified atom stereocenters. The van der Waals surface area contributed by atoms with Crippen LogP contribution in [0.1, 0.15) is 36.0 Å². The average molecular weight is 347 g/mol. The maximum atomic E-state index is 12.5. The first kappa shape index (κ1) is 18.2. The van der Waals surface area contributed by atoms with Gasteiger partial charge in [-0.15, -0.1) is 0 Å². The van der Waals surface area contributed by atoms with Gasteiger partial charge >= 0.3 is 0 Å². The van der Waals surface area contributed by atoms with Crippen molar-refractivity contribution in [1.82, 2.24) is 4.90 Å². The van der Waals surface area contributed by atoms with E-state index in [1.54, 1.807) is 0 Å². The van der Waals surface area contributed by atoms with Gasteiger partial charge in [-0.25, -0.2) is 0 Å². The van der Waals surface area contributed by atoms with Gasteiger partial charge in [0.1, 0.15) is 5.75 Å². The Hall–Kier alpha value is -1.59. The lowest BCUT2D eigenvalue weighted by atomic mass is 9.97. The highest BCUT2D eigenvalue weighted by Crippen LogP contribution is 2.26. The van der Waals surface area contributed by atoms with Crippen molar-refractivity contribution in [2.45, 2.75) is 46.3 Å². The van der Waals surface area contributed by atoms with Crippen LogP contribution in [0.25, 0.3) is 0 Å². The highest BCUT2D eigenvalue weighted by molar-refractivity contribution is 5.76. The molecule has 0 spiro atoms. The van der Waals surface area contributed by atoms with Crippen molar-refractivity contribution in [2.24, 2.45) is 5.92 Å². The molecule has 5 heteroatoms. The quantitative estimate of drug-likeness (QED) is 0.822. The van der Waals surface area contributed by atoms with Crippen LogP contribution in [0.5, 0.6) is 5.75 Å². The van der Waals surface area contributed by atoms with Gasteiger partial charge in [0, 0.05) is 19.0 Å². The van der Waals surface area contributed by atoms with E-state index in [-0.39, 0.29) is 12.2 Å². The Kier molecular flexibility index (Phi) is 5.97. The van der Waals surface area contributed by atoms with E-state index >= 15 is 0 Å².